The van der Waals surface area contributed by atoms with Crippen LogP contribution in [0.3, 0.4) is 0 Å². The van der Waals surface area contributed by atoms with Gasteiger partial charge in [0.05, 0.1) is 0 Å². The van der Waals surface area contributed by atoms with Gasteiger partial charge in [0.25, 0.3) is 0 Å². The van der Waals surface area contributed by atoms with Crippen LogP contribution in [0.2, 0.25) is 0 Å². The van der Waals surface area contributed by atoms with Crippen LogP contribution in [0.1, 0.15) is 58.8 Å². The number of fused-ring (bicyclic) bond motifs is 3. The molecule has 1 N–H and O–H groups in total. The summed E-state index contributed by atoms with van der Waals surface area (Å²) in [6.45, 7) is 8.40. The molecule has 126 valence electrons. The molecule has 0 unspecified atom stereocenters. The van der Waals surface area contributed by atoms with Gasteiger partial charge in [-0.15, -0.1) is 0 Å². The highest BCUT2D eigenvalue weighted by molar-refractivity contribution is 5.91. The first-order chi connectivity index (χ1) is 10.8. The van der Waals surface area contributed by atoms with Crippen LogP contribution in [-0.2, 0) is 9.59 Å². The van der Waals surface area contributed by atoms with Crippen molar-refractivity contribution in [1.82, 2.24) is 0 Å². The van der Waals surface area contributed by atoms with Crippen molar-refractivity contribution < 1.29 is 14.7 Å². The van der Waals surface area contributed by atoms with E-state index in [1.165, 1.54) is 5.57 Å². The molecule has 4 aliphatic rings. The molecule has 2 bridgehead atoms. The zero-order valence-corrected chi connectivity index (χ0v) is 14.3. The van der Waals surface area contributed by atoms with Gasteiger partial charge in [0.15, 0.2) is 5.78 Å². The number of aldehydes is 1. The first-order valence-corrected chi connectivity index (χ1v) is 9.14. The van der Waals surface area contributed by atoms with E-state index in [-0.39, 0.29) is 22.5 Å². The third-order valence-electron chi connectivity index (χ3n) is 8.17. The van der Waals surface area contributed by atoms with Gasteiger partial charge < -0.3 is 9.90 Å². The van der Waals surface area contributed by atoms with Gasteiger partial charge in [0, 0.05) is 16.7 Å². The minimum atomic E-state index is -0.912. The van der Waals surface area contributed by atoms with E-state index in [1.807, 2.05) is 6.92 Å². The Labute approximate surface area is 138 Å². The number of Topliss-reactive ketones (excluding diaryl/α,β-unsaturated/α-hetero) is 1. The van der Waals surface area contributed by atoms with Crippen molar-refractivity contribution in [2.24, 2.45) is 34.0 Å². The van der Waals surface area contributed by atoms with Gasteiger partial charge in [-0.05, 0) is 55.8 Å². The summed E-state index contributed by atoms with van der Waals surface area (Å²) in [6, 6.07) is 0. The Morgan fingerprint density at radius 1 is 1.26 bits per heavy atom. The van der Waals surface area contributed by atoms with Crippen molar-refractivity contribution in [3.05, 3.63) is 12.2 Å². The van der Waals surface area contributed by atoms with Crippen molar-refractivity contribution in [2.75, 3.05) is 0 Å². The molecular formula is C20H28O3. The maximum atomic E-state index is 13.2. The lowest BCUT2D eigenvalue weighted by Crippen LogP contribution is -2.66. The number of carbonyl (C=O) groups is 2. The van der Waals surface area contributed by atoms with E-state index in [0.717, 1.165) is 51.2 Å². The molecule has 23 heavy (non-hydrogen) atoms. The molecule has 4 saturated carbocycles. The average molecular weight is 316 g/mol. The highest BCUT2D eigenvalue weighted by Crippen LogP contribution is 2.70. The van der Waals surface area contributed by atoms with E-state index in [9.17, 15) is 14.7 Å². The van der Waals surface area contributed by atoms with Crippen LogP contribution in [0.15, 0.2) is 12.2 Å². The smallest absolute Gasteiger partial charge is 0.166 e. The average Bonchev–Trinajstić information content (AvgIpc) is 2.76. The van der Waals surface area contributed by atoms with E-state index in [1.54, 1.807) is 0 Å². The van der Waals surface area contributed by atoms with Crippen LogP contribution in [0.4, 0.5) is 0 Å². The zero-order valence-electron chi connectivity index (χ0n) is 14.3. The summed E-state index contributed by atoms with van der Waals surface area (Å²) in [6.07, 6.45) is 6.78. The molecule has 0 saturated heterocycles. The number of hydrogen-bond donors (Lipinski definition) is 1. The third kappa shape index (κ3) is 1.70. The summed E-state index contributed by atoms with van der Waals surface area (Å²) < 4.78 is 0. The standard InChI is InChI=1S/C20H28O3/c1-12-9-20-10-13(12)5-6-14(20)19(3)8-4-7-18(2,11-21)16(19)15(22)17(20)23/h11,13-14,16-17,23H,1,4-10H2,2-3H3/t13-,14+,16-,17-,18-,19+,20+/m1/s1. The third-order valence-corrected chi connectivity index (χ3v) is 8.17. The van der Waals surface area contributed by atoms with Crippen LogP contribution in [-0.4, -0.2) is 23.3 Å². The predicted octanol–water partition coefficient (Wildman–Crippen LogP) is 3.30. The quantitative estimate of drug-likeness (QED) is 0.596. The summed E-state index contributed by atoms with van der Waals surface area (Å²) >= 11 is 0. The Balaban J connectivity index is 1.86. The Bertz CT molecular complexity index is 596. The molecule has 0 aromatic heterocycles. The van der Waals surface area contributed by atoms with Crippen molar-refractivity contribution in [1.29, 1.82) is 0 Å². The van der Waals surface area contributed by atoms with E-state index in [0.29, 0.717) is 11.8 Å². The monoisotopic (exact) mass is 316 g/mol. The predicted molar refractivity (Wildman–Crippen MR) is 87.7 cm³/mol. The molecule has 3 nitrogen and oxygen atoms in total. The molecule has 4 aliphatic carbocycles. The summed E-state index contributed by atoms with van der Waals surface area (Å²) in [5.41, 5.74) is 0.165. The fourth-order valence-electron chi connectivity index (χ4n) is 7.34. The van der Waals surface area contributed by atoms with Gasteiger partial charge in [-0.3, -0.25) is 4.79 Å². The second-order valence-electron chi connectivity index (χ2n) is 9.32. The van der Waals surface area contributed by atoms with Gasteiger partial charge in [0.1, 0.15) is 12.4 Å². The van der Waals surface area contributed by atoms with Crippen LogP contribution >= 0.6 is 0 Å². The van der Waals surface area contributed by atoms with Crippen molar-refractivity contribution in [2.45, 2.75) is 64.9 Å². The largest absolute Gasteiger partial charge is 0.385 e. The summed E-state index contributed by atoms with van der Waals surface area (Å²) in [7, 11) is 0. The Morgan fingerprint density at radius 3 is 2.70 bits per heavy atom. The van der Waals surface area contributed by atoms with Crippen LogP contribution in [0.25, 0.3) is 0 Å². The molecule has 0 amide bonds. The molecule has 0 aromatic carbocycles. The molecule has 3 heteroatoms. The lowest BCUT2D eigenvalue weighted by molar-refractivity contribution is -0.198. The molecule has 0 aliphatic heterocycles. The van der Waals surface area contributed by atoms with Crippen molar-refractivity contribution >= 4 is 12.1 Å². The van der Waals surface area contributed by atoms with Gasteiger partial charge in [0.2, 0.25) is 0 Å². The number of ketones is 1. The maximum Gasteiger partial charge on any atom is 0.166 e. The second kappa shape index (κ2) is 4.56. The number of allylic oxidation sites excluding steroid dienone is 1. The molecule has 4 fully saturated rings. The van der Waals surface area contributed by atoms with Crippen LogP contribution in [0.5, 0.6) is 0 Å². The molecule has 7 atom stereocenters. The Kier molecular flexibility index (Phi) is 3.09. The summed E-state index contributed by atoms with van der Waals surface area (Å²) in [5.74, 6) is 0.434. The molecule has 0 heterocycles. The van der Waals surface area contributed by atoms with E-state index < -0.39 is 11.5 Å². The number of hydrogen-bond acceptors (Lipinski definition) is 3. The zero-order chi connectivity index (χ0) is 16.6. The number of carbonyl (C=O) groups excluding carboxylic acids is 2. The highest BCUT2D eigenvalue weighted by Gasteiger charge is 2.70. The molecule has 0 aromatic rings. The topological polar surface area (TPSA) is 54.4 Å². The van der Waals surface area contributed by atoms with Gasteiger partial charge in [-0.1, -0.05) is 32.4 Å². The van der Waals surface area contributed by atoms with Crippen molar-refractivity contribution in [3.63, 3.8) is 0 Å². The highest BCUT2D eigenvalue weighted by atomic mass is 16.3. The Hall–Kier alpha value is -0.960. The number of aliphatic hydroxyl groups excluding tert-OH is 1. The minimum absolute atomic E-state index is 0.0617. The molecular weight excluding hydrogens is 288 g/mol. The van der Waals surface area contributed by atoms with Crippen LogP contribution < -0.4 is 0 Å². The number of rotatable bonds is 1. The number of aliphatic hydroxyl groups is 1. The SMILES string of the molecule is C=C1C[C@]23C[C@H]1CC[C@H]2[C@]1(C)CCC[C@](C)(C=O)[C@H]1C(=O)[C@H]3O. The fraction of sp³-hybridized carbons (Fsp3) is 0.800. The minimum Gasteiger partial charge on any atom is -0.385 e. The second-order valence-corrected chi connectivity index (χ2v) is 9.32. The first kappa shape index (κ1) is 15.6. The van der Waals surface area contributed by atoms with E-state index >= 15 is 0 Å². The first-order valence-electron chi connectivity index (χ1n) is 9.14. The van der Waals surface area contributed by atoms with Gasteiger partial charge in [-0.25, -0.2) is 0 Å². The maximum absolute atomic E-state index is 13.2. The Morgan fingerprint density at radius 2 is 2.00 bits per heavy atom. The lowest BCUT2D eigenvalue weighted by Gasteiger charge is -2.63. The van der Waals surface area contributed by atoms with Gasteiger partial charge >= 0.3 is 0 Å². The molecule has 4 rings (SSSR count). The van der Waals surface area contributed by atoms with E-state index in [4.69, 9.17) is 0 Å². The van der Waals surface area contributed by atoms with Gasteiger partial charge in [-0.2, -0.15) is 0 Å². The molecule has 1 spiro atoms. The lowest BCUT2D eigenvalue weighted by atomic mass is 9.40. The van der Waals surface area contributed by atoms with Crippen LogP contribution in [0, 0.1) is 34.0 Å². The normalized spacial score (nSPS) is 55.3. The molecule has 0 radical (unpaired) electrons. The summed E-state index contributed by atoms with van der Waals surface area (Å²) in [4.78, 5) is 25.1. The fourth-order valence-corrected chi connectivity index (χ4v) is 7.34. The summed E-state index contributed by atoms with van der Waals surface area (Å²) in [5, 5.41) is 11.0. The van der Waals surface area contributed by atoms with E-state index in [2.05, 4.69) is 13.5 Å². The van der Waals surface area contributed by atoms with Crippen molar-refractivity contribution in [3.8, 4) is 0 Å².